The molecule has 0 bridgehead atoms. The Balaban J connectivity index is 1.68. The Labute approximate surface area is 193 Å². The minimum atomic E-state index is -2.69. The molecule has 0 saturated carbocycles. The van der Waals surface area contributed by atoms with Crippen molar-refractivity contribution in [3.8, 4) is 35.2 Å². The summed E-state index contributed by atoms with van der Waals surface area (Å²) in [6.07, 6.45) is 1.83. The molecule has 11 heteroatoms. The van der Waals surface area contributed by atoms with Crippen molar-refractivity contribution in [3.05, 3.63) is 34.5 Å². The number of ether oxygens (including phenoxy) is 2. The first-order chi connectivity index (χ1) is 15.8. The standard InChI is InChI=1S/C22H19ClF2N6O2/c1-32-17-8-15(16(23)7-13(17)9-26)19-18-14(10-27)11-28-20(18)30-21(29-19)33-6-5-31-4-2-3-22(24,25)12-31/h7-8,11H,2-6,12H2,1H3,(H,28,29,30). The monoisotopic (exact) mass is 472 g/mol. The summed E-state index contributed by atoms with van der Waals surface area (Å²) in [6, 6.07) is 7.13. The predicted octanol–water partition coefficient (Wildman–Crippen LogP) is 4.14. The average molecular weight is 473 g/mol. The van der Waals surface area contributed by atoms with Crippen molar-refractivity contribution in [1.82, 2.24) is 19.9 Å². The van der Waals surface area contributed by atoms with Gasteiger partial charge >= 0.3 is 6.01 Å². The zero-order chi connectivity index (χ0) is 23.6. The van der Waals surface area contributed by atoms with E-state index in [0.29, 0.717) is 53.1 Å². The first kappa shape index (κ1) is 22.7. The third-order valence-electron chi connectivity index (χ3n) is 5.41. The molecule has 0 atom stereocenters. The van der Waals surface area contributed by atoms with Crippen LogP contribution in [0.1, 0.15) is 24.0 Å². The van der Waals surface area contributed by atoms with E-state index in [2.05, 4.69) is 21.0 Å². The smallest absolute Gasteiger partial charge is 0.319 e. The van der Waals surface area contributed by atoms with E-state index in [1.54, 1.807) is 11.0 Å². The summed E-state index contributed by atoms with van der Waals surface area (Å²) >= 11 is 6.44. The van der Waals surface area contributed by atoms with E-state index in [1.165, 1.54) is 19.4 Å². The Morgan fingerprint density at radius 1 is 1.24 bits per heavy atom. The molecule has 1 N–H and O–H groups in total. The van der Waals surface area contributed by atoms with Gasteiger partial charge in [-0.3, -0.25) is 4.90 Å². The highest BCUT2D eigenvalue weighted by Crippen LogP contribution is 2.38. The molecule has 4 rings (SSSR count). The van der Waals surface area contributed by atoms with Gasteiger partial charge in [-0.05, 0) is 25.1 Å². The van der Waals surface area contributed by atoms with Gasteiger partial charge in [0.1, 0.15) is 30.1 Å². The molecule has 0 radical (unpaired) electrons. The largest absolute Gasteiger partial charge is 0.495 e. The van der Waals surface area contributed by atoms with Crippen LogP contribution in [0.25, 0.3) is 22.3 Å². The van der Waals surface area contributed by atoms with Gasteiger partial charge in [-0.25, -0.2) is 8.78 Å². The van der Waals surface area contributed by atoms with Gasteiger partial charge < -0.3 is 14.5 Å². The van der Waals surface area contributed by atoms with E-state index < -0.39 is 5.92 Å². The molecule has 0 amide bonds. The molecular weight excluding hydrogens is 454 g/mol. The van der Waals surface area contributed by atoms with Crippen LogP contribution in [-0.4, -0.2) is 59.1 Å². The number of aromatic nitrogens is 3. The van der Waals surface area contributed by atoms with Crippen LogP contribution in [0.3, 0.4) is 0 Å². The SMILES string of the molecule is COc1cc(-c2nc(OCCN3CCCC(F)(F)C3)nc3[nH]cc(C#N)c23)c(Cl)cc1C#N. The Hall–Kier alpha value is -3.47. The van der Waals surface area contributed by atoms with E-state index in [0.717, 1.165) is 0 Å². The molecule has 1 saturated heterocycles. The van der Waals surface area contributed by atoms with Crippen LogP contribution in [0.2, 0.25) is 5.02 Å². The second-order valence-corrected chi connectivity index (χ2v) is 8.03. The van der Waals surface area contributed by atoms with Crippen LogP contribution in [0.4, 0.5) is 8.78 Å². The van der Waals surface area contributed by atoms with Gasteiger partial charge in [-0.2, -0.15) is 20.5 Å². The second-order valence-electron chi connectivity index (χ2n) is 7.62. The maximum Gasteiger partial charge on any atom is 0.319 e. The van der Waals surface area contributed by atoms with Crippen molar-refractivity contribution in [2.24, 2.45) is 0 Å². The minimum Gasteiger partial charge on any atom is -0.495 e. The van der Waals surface area contributed by atoms with Crippen LogP contribution < -0.4 is 9.47 Å². The van der Waals surface area contributed by atoms with Crippen molar-refractivity contribution < 1.29 is 18.3 Å². The first-order valence-corrected chi connectivity index (χ1v) is 10.5. The Kier molecular flexibility index (Phi) is 6.32. The van der Waals surface area contributed by atoms with Gasteiger partial charge in [0.2, 0.25) is 0 Å². The number of H-pyrrole nitrogens is 1. The van der Waals surface area contributed by atoms with E-state index in [9.17, 15) is 19.3 Å². The fourth-order valence-corrected chi connectivity index (χ4v) is 4.11. The number of nitriles is 2. The molecule has 2 aromatic heterocycles. The third-order valence-corrected chi connectivity index (χ3v) is 5.72. The first-order valence-electron chi connectivity index (χ1n) is 10.2. The molecule has 8 nitrogen and oxygen atoms in total. The van der Waals surface area contributed by atoms with Crippen LogP contribution >= 0.6 is 11.6 Å². The van der Waals surface area contributed by atoms with Gasteiger partial charge in [0.15, 0.2) is 0 Å². The number of piperidine rings is 1. The summed E-state index contributed by atoms with van der Waals surface area (Å²) in [6.45, 7) is 0.681. The number of nitrogens with one attached hydrogen (secondary N) is 1. The molecule has 1 aliphatic heterocycles. The Morgan fingerprint density at radius 2 is 2.03 bits per heavy atom. The minimum absolute atomic E-state index is 0.00648. The van der Waals surface area contributed by atoms with E-state index >= 15 is 0 Å². The number of fused-ring (bicyclic) bond motifs is 1. The van der Waals surface area contributed by atoms with Crippen LogP contribution in [0.5, 0.6) is 11.8 Å². The van der Waals surface area contributed by atoms with E-state index in [4.69, 9.17) is 21.1 Å². The molecule has 1 fully saturated rings. The number of alkyl halides is 2. The number of nitrogens with zero attached hydrogens (tertiary/aromatic N) is 5. The highest BCUT2D eigenvalue weighted by Gasteiger charge is 2.34. The maximum absolute atomic E-state index is 13.6. The molecular formula is C22H19ClF2N6O2. The lowest BCUT2D eigenvalue weighted by Crippen LogP contribution is -2.44. The molecule has 0 spiro atoms. The fourth-order valence-electron chi connectivity index (χ4n) is 3.85. The zero-order valence-electron chi connectivity index (χ0n) is 17.7. The second kappa shape index (κ2) is 9.18. The normalized spacial score (nSPS) is 15.7. The summed E-state index contributed by atoms with van der Waals surface area (Å²) in [5, 5.41) is 19.5. The number of likely N-dealkylation sites (tertiary alicyclic amines) is 1. The average Bonchev–Trinajstić information content (AvgIpc) is 3.21. The van der Waals surface area contributed by atoms with Gasteiger partial charge in [0, 0.05) is 24.7 Å². The van der Waals surface area contributed by atoms with Crippen LogP contribution in [0.15, 0.2) is 18.3 Å². The summed E-state index contributed by atoms with van der Waals surface area (Å²) in [4.78, 5) is 13.3. The fraction of sp³-hybridized carbons (Fsp3) is 0.364. The van der Waals surface area contributed by atoms with Crippen molar-refractivity contribution in [1.29, 1.82) is 10.5 Å². The Morgan fingerprint density at radius 3 is 2.73 bits per heavy atom. The number of methoxy groups -OCH3 is 1. The highest BCUT2D eigenvalue weighted by molar-refractivity contribution is 6.33. The molecule has 1 aromatic carbocycles. The van der Waals surface area contributed by atoms with Crippen molar-refractivity contribution in [2.45, 2.75) is 18.8 Å². The topological polar surface area (TPSA) is 111 Å². The quantitative estimate of drug-likeness (QED) is 0.573. The van der Waals surface area contributed by atoms with Gasteiger partial charge in [0.25, 0.3) is 5.92 Å². The predicted molar refractivity (Wildman–Crippen MR) is 116 cm³/mol. The molecule has 3 aromatic rings. The molecule has 3 heterocycles. The summed E-state index contributed by atoms with van der Waals surface area (Å²) in [5.41, 5.74) is 1.67. The van der Waals surface area contributed by atoms with Gasteiger partial charge in [0.05, 0.1) is 40.9 Å². The number of hydrogen-bond donors (Lipinski definition) is 1. The molecule has 0 aliphatic carbocycles. The van der Waals surface area contributed by atoms with E-state index in [-0.39, 0.29) is 36.2 Å². The number of hydrogen-bond acceptors (Lipinski definition) is 7. The van der Waals surface area contributed by atoms with Crippen molar-refractivity contribution in [3.63, 3.8) is 0 Å². The van der Waals surface area contributed by atoms with Crippen LogP contribution in [0, 0.1) is 22.7 Å². The number of aromatic amines is 1. The lowest BCUT2D eigenvalue weighted by molar-refractivity contribution is -0.0657. The molecule has 0 unspecified atom stereocenters. The molecule has 33 heavy (non-hydrogen) atoms. The van der Waals surface area contributed by atoms with Crippen molar-refractivity contribution in [2.75, 3.05) is 33.4 Å². The number of rotatable bonds is 6. The molecule has 170 valence electrons. The highest BCUT2D eigenvalue weighted by atomic mass is 35.5. The lowest BCUT2D eigenvalue weighted by Gasteiger charge is -2.32. The van der Waals surface area contributed by atoms with Gasteiger partial charge in [-0.15, -0.1) is 0 Å². The molecule has 1 aliphatic rings. The third kappa shape index (κ3) is 4.68. The summed E-state index contributed by atoms with van der Waals surface area (Å²) in [5.74, 6) is -2.39. The van der Waals surface area contributed by atoms with E-state index in [1.807, 2.05) is 6.07 Å². The number of halogens is 3. The zero-order valence-corrected chi connectivity index (χ0v) is 18.4. The van der Waals surface area contributed by atoms with Gasteiger partial charge in [-0.1, -0.05) is 11.6 Å². The summed E-state index contributed by atoms with van der Waals surface area (Å²) < 4.78 is 38.2. The summed E-state index contributed by atoms with van der Waals surface area (Å²) in [7, 11) is 1.43. The number of benzene rings is 1. The van der Waals surface area contributed by atoms with Crippen molar-refractivity contribution >= 4 is 22.6 Å². The lowest BCUT2D eigenvalue weighted by atomic mass is 10.0. The maximum atomic E-state index is 13.6. The Bertz CT molecular complexity index is 1280. The van der Waals surface area contributed by atoms with Crippen LogP contribution in [-0.2, 0) is 0 Å².